The number of pyridine rings is 1. The van der Waals surface area contributed by atoms with E-state index in [0.29, 0.717) is 0 Å². The second kappa shape index (κ2) is 6.51. The highest BCUT2D eigenvalue weighted by atomic mass is 14.9. The van der Waals surface area contributed by atoms with Crippen LogP contribution in [-0.2, 0) is 6.54 Å². The molecule has 3 heteroatoms. The van der Waals surface area contributed by atoms with Gasteiger partial charge < -0.3 is 11.1 Å². The van der Waals surface area contributed by atoms with Crippen LogP contribution in [0.5, 0.6) is 0 Å². The Hall–Kier alpha value is -0.930. The molecule has 0 aliphatic carbocycles. The summed E-state index contributed by atoms with van der Waals surface area (Å²) in [4.78, 5) is 4.27. The molecule has 78 valence electrons. The Balaban J connectivity index is 2.18. The lowest BCUT2D eigenvalue weighted by molar-refractivity contribution is 0.620. The van der Waals surface area contributed by atoms with Crippen LogP contribution < -0.4 is 11.1 Å². The van der Waals surface area contributed by atoms with E-state index in [1.165, 1.54) is 5.56 Å². The lowest BCUT2D eigenvalue weighted by Crippen LogP contribution is -2.16. The number of hydrogen-bond donors (Lipinski definition) is 2. The fourth-order valence-corrected chi connectivity index (χ4v) is 1.31. The minimum absolute atomic E-state index is 0.782. The van der Waals surface area contributed by atoms with Gasteiger partial charge in [-0.2, -0.15) is 0 Å². The van der Waals surface area contributed by atoms with E-state index in [-0.39, 0.29) is 0 Å². The molecule has 0 aliphatic rings. The number of aromatic nitrogens is 1. The molecule has 1 aromatic heterocycles. The largest absolute Gasteiger partial charge is 0.330 e. The van der Waals surface area contributed by atoms with Gasteiger partial charge in [0.25, 0.3) is 0 Å². The third-order valence-corrected chi connectivity index (χ3v) is 2.09. The highest BCUT2D eigenvalue weighted by Gasteiger charge is 1.93. The van der Waals surface area contributed by atoms with E-state index in [0.717, 1.165) is 38.2 Å². The Morgan fingerprint density at radius 1 is 1.43 bits per heavy atom. The summed E-state index contributed by atoms with van der Waals surface area (Å²) in [5.74, 6) is 0. The summed E-state index contributed by atoms with van der Waals surface area (Å²) in [7, 11) is 0. The molecule has 0 amide bonds. The molecule has 0 fully saturated rings. The van der Waals surface area contributed by atoms with Gasteiger partial charge in [0.2, 0.25) is 0 Å². The molecular formula is C11H19N3. The number of rotatable bonds is 6. The monoisotopic (exact) mass is 193 g/mol. The van der Waals surface area contributed by atoms with Crippen LogP contribution in [0.25, 0.3) is 0 Å². The highest BCUT2D eigenvalue weighted by molar-refractivity contribution is 5.14. The van der Waals surface area contributed by atoms with E-state index < -0.39 is 0 Å². The zero-order chi connectivity index (χ0) is 10.2. The van der Waals surface area contributed by atoms with E-state index in [1.54, 1.807) is 0 Å². The Morgan fingerprint density at radius 3 is 3.00 bits per heavy atom. The average Bonchev–Trinajstić information content (AvgIpc) is 2.18. The summed E-state index contributed by atoms with van der Waals surface area (Å²) in [5.41, 5.74) is 7.77. The standard InChI is InChI=1S/C11H19N3/c1-10-4-7-14-11(8-10)9-13-6-3-2-5-12/h4,7-8,13H,2-3,5-6,9,12H2,1H3. The Labute approximate surface area is 85.7 Å². The van der Waals surface area contributed by atoms with Gasteiger partial charge in [-0.1, -0.05) is 0 Å². The fraction of sp³-hybridized carbons (Fsp3) is 0.545. The normalized spacial score (nSPS) is 10.4. The second-order valence-electron chi connectivity index (χ2n) is 3.50. The Kier molecular flexibility index (Phi) is 5.19. The van der Waals surface area contributed by atoms with Crippen molar-refractivity contribution in [3.8, 4) is 0 Å². The predicted molar refractivity (Wildman–Crippen MR) is 59.0 cm³/mol. The Bertz CT molecular complexity index is 260. The minimum Gasteiger partial charge on any atom is -0.330 e. The van der Waals surface area contributed by atoms with E-state index in [2.05, 4.69) is 23.3 Å². The zero-order valence-corrected chi connectivity index (χ0v) is 8.79. The van der Waals surface area contributed by atoms with E-state index >= 15 is 0 Å². The minimum atomic E-state index is 0.782. The van der Waals surface area contributed by atoms with Crippen LogP contribution in [0.1, 0.15) is 24.1 Å². The molecule has 3 N–H and O–H groups in total. The number of nitrogens with zero attached hydrogens (tertiary/aromatic N) is 1. The molecule has 0 spiro atoms. The zero-order valence-electron chi connectivity index (χ0n) is 8.79. The molecule has 0 aliphatic heterocycles. The first-order valence-electron chi connectivity index (χ1n) is 5.15. The maximum absolute atomic E-state index is 5.40. The SMILES string of the molecule is Cc1ccnc(CNCCCCN)c1. The summed E-state index contributed by atoms with van der Waals surface area (Å²) >= 11 is 0. The number of hydrogen-bond acceptors (Lipinski definition) is 3. The predicted octanol–water partition coefficient (Wildman–Crippen LogP) is 1.22. The number of unbranched alkanes of at least 4 members (excludes halogenated alkanes) is 1. The van der Waals surface area contributed by atoms with Crippen LogP contribution in [0.3, 0.4) is 0 Å². The number of nitrogens with two attached hydrogens (primary N) is 1. The first-order chi connectivity index (χ1) is 6.83. The third-order valence-electron chi connectivity index (χ3n) is 2.09. The highest BCUT2D eigenvalue weighted by Crippen LogP contribution is 1.99. The number of aryl methyl sites for hydroxylation is 1. The molecular weight excluding hydrogens is 174 g/mol. The summed E-state index contributed by atoms with van der Waals surface area (Å²) < 4.78 is 0. The van der Waals surface area contributed by atoms with E-state index in [4.69, 9.17) is 5.73 Å². The maximum atomic E-state index is 5.40. The maximum Gasteiger partial charge on any atom is 0.0544 e. The summed E-state index contributed by atoms with van der Waals surface area (Å²) in [6.07, 6.45) is 4.09. The first kappa shape index (κ1) is 11.1. The molecule has 0 unspecified atom stereocenters. The van der Waals surface area contributed by atoms with Crippen molar-refractivity contribution < 1.29 is 0 Å². The topological polar surface area (TPSA) is 50.9 Å². The third kappa shape index (κ3) is 4.35. The van der Waals surface area contributed by atoms with Crippen molar-refractivity contribution in [3.05, 3.63) is 29.6 Å². The molecule has 1 aromatic rings. The van der Waals surface area contributed by atoms with Gasteiger partial charge in [0, 0.05) is 12.7 Å². The molecule has 0 saturated carbocycles. The van der Waals surface area contributed by atoms with Crippen molar-refractivity contribution in [1.82, 2.24) is 10.3 Å². The summed E-state index contributed by atoms with van der Waals surface area (Å²) in [5, 5.41) is 3.35. The van der Waals surface area contributed by atoms with Crippen LogP contribution in [0.4, 0.5) is 0 Å². The van der Waals surface area contributed by atoms with Crippen molar-refractivity contribution in [1.29, 1.82) is 0 Å². The van der Waals surface area contributed by atoms with Crippen molar-refractivity contribution in [2.45, 2.75) is 26.3 Å². The van der Waals surface area contributed by atoms with Crippen molar-refractivity contribution in [3.63, 3.8) is 0 Å². The molecule has 0 radical (unpaired) electrons. The lowest BCUT2D eigenvalue weighted by atomic mass is 10.2. The van der Waals surface area contributed by atoms with Gasteiger partial charge in [-0.05, 0) is 50.6 Å². The van der Waals surface area contributed by atoms with Gasteiger partial charge in [0.05, 0.1) is 5.69 Å². The summed E-state index contributed by atoms with van der Waals surface area (Å²) in [6.45, 7) is 4.74. The quantitative estimate of drug-likeness (QED) is 0.668. The van der Waals surface area contributed by atoms with Crippen LogP contribution in [-0.4, -0.2) is 18.1 Å². The van der Waals surface area contributed by atoms with Crippen LogP contribution in [0, 0.1) is 6.92 Å². The molecule has 3 nitrogen and oxygen atoms in total. The molecule has 0 saturated heterocycles. The van der Waals surface area contributed by atoms with Gasteiger partial charge in [-0.3, -0.25) is 4.98 Å². The van der Waals surface area contributed by atoms with Gasteiger partial charge >= 0.3 is 0 Å². The average molecular weight is 193 g/mol. The molecule has 0 aromatic carbocycles. The Morgan fingerprint density at radius 2 is 2.29 bits per heavy atom. The van der Waals surface area contributed by atoms with Crippen molar-refractivity contribution in [2.24, 2.45) is 5.73 Å². The van der Waals surface area contributed by atoms with Crippen LogP contribution in [0.2, 0.25) is 0 Å². The van der Waals surface area contributed by atoms with Crippen LogP contribution in [0.15, 0.2) is 18.3 Å². The molecule has 0 atom stereocenters. The first-order valence-corrected chi connectivity index (χ1v) is 5.15. The van der Waals surface area contributed by atoms with Crippen molar-refractivity contribution >= 4 is 0 Å². The molecule has 1 rings (SSSR count). The van der Waals surface area contributed by atoms with Crippen molar-refractivity contribution in [2.75, 3.05) is 13.1 Å². The molecule has 14 heavy (non-hydrogen) atoms. The summed E-state index contributed by atoms with van der Waals surface area (Å²) in [6, 6.07) is 4.12. The van der Waals surface area contributed by atoms with Gasteiger partial charge in [0.15, 0.2) is 0 Å². The van der Waals surface area contributed by atoms with Crippen LogP contribution >= 0.6 is 0 Å². The van der Waals surface area contributed by atoms with Gasteiger partial charge in [-0.25, -0.2) is 0 Å². The fourth-order valence-electron chi connectivity index (χ4n) is 1.31. The molecule has 0 bridgehead atoms. The lowest BCUT2D eigenvalue weighted by Gasteiger charge is -2.04. The smallest absolute Gasteiger partial charge is 0.0544 e. The molecule has 1 heterocycles. The second-order valence-corrected chi connectivity index (χ2v) is 3.50. The van der Waals surface area contributed by atoms with Gasteiger partial charge in [-0.15, -0.1) is 0 Å². The van der Waals surface area contributed by atoms with Gasteiger partial charge in [0.1, 0.15) is 0 Å². The van der Waals surface area contributed by atoms with E-state index in [1.807, 2.05) is 12.3 Å². The van der Waals surface area contributed by atoms with E-state index in [9.17, 15) is 0 Å². The number of nitrogens with one attached hydrogen (secondary N) is 1.